The molecule has 0 saturated carbocycles. The Labute approximate surface area is 123 Å². The molecule has 0 aliphatic rings. The van der Waals surface area contributed by atoms with Crippen LogP contribution in [-0.2, 0) is 4.74 Å². The molecule has 2 N–H and O–H groups in total. The summed E-state index contributed by atoms with van der Waals surface area (Å²) < 4.78 is 10.4. The van der Waals surface area contributed by atoms with Crippen LogP contribution in [0.5, 0.6) is 5.88 Å². The van der Waals surface area contributed by atoms with Crippen LogP contribution in [0, 0.1) is 0 Å². The molecule has 0 aliphatic heterocycles. The molecule has 1 aromatic rings. The monoisotopic (exact) mass is 296 g/mol. The van der Waals surface area contributed by atoms with E-state index in [2.05, 4.69) is 10.3 Å². The number of methoxy groups -OCH3 is 1. The number of nitrogens with zero attached hydrogens (tertiary/aromatic N) is 1. The molecule has 1 amide bonds. The summed E-state index contributed by atoms with van der Waals surface area (Å²) in [6.07, 6.45) is 0.0572. The van der Waals surface area contributed by atoms with E-state index in [1.165, 1.54) is 25.4 Å². The number of carboxylic acid groups (broad SMARTS) is 1. The van der Waals surface area contributed by atoms with Crippen molar-refractivity contribution >= 4 is 11.9 Å². The van der Waals surface area contributed by atoms with Gasteiger partial charge in [-0.15, -0.1) is 0 Å². The van der Waals surface area contributed by atoms with Crippen molar-refractivity contribution in [1.82, 2.24) is 10.3 Å². The van der Waals surface area contributed by atoms with Gasteiger partial charge in [0.2, 0.25) is 5.88 Å². The summed E-state index contributed by atoms with van der Waals surface area (Å²) in [5, 5.41) is 11.0. The Hall–Kier alpha value is -2.15. The molecule has 116 valence electrons. The molecular weight excluding hydrogens is 276 g/mol. The van der Waals surface area contributed by atoms with Gasteiger partial charge in [0.05, 0.1) is 19.3 Å². The van der Waals surface area contributed by atoms with Crippen molar-refractivity contribution < 1.29 is 24.2 Å². The first kappa shape index (κ1) is 16.9. The number of amides is 1. The number of ether oxygens (including phenoxy) is 2. The Morgan fingerprint density at radius 1 is 1.38 bits per heavy atom. The number of carbonyl (C=O) groups is 2. The fourth-order valence-corrected chi connectivity index (χ4v) is 1.51. The Kier molecular flexibility index (Phi) is 5.66. The first-order valence-electron chi connectivity index (χ1n) is 6.40. The lowest BCUT2D eigenvalue weighted by Crippen LogP contribution is -2.45. The molecule has 0 aliphatic carbocycles. The van der Waals surface area contributed by atoms with Gasteiger partial charge in [-0.1, -0.05) is 0 Å². The predicted molar refractivity (Wildman–Crippen MR) is 75.8 cm³/mol. The van der Waals surface area contributed by atoms with E-state index in [4.69, 9.17) is 14.6 Å². The van der Waals surface area contributed by atoms with Gasteiger partial charge in [0.1, 0.15) is 6.04 Å². The van der Waals surface area contributed by atoms with Gasteiger partial charge in [-0.25, -0.2) is 9.78 Å². The SMILES string of the molecule is COc1ccc(C(=O)[C@H](COC(C)(C)C)NC(=O)O)cn1. The van der Waals surface area contributed by atoms with Crippen LogP contribution < -0.4 is 10.1 Å². The number of Topliss-reactive ketones (excluding diaryl/α,β-unsaturated/α-hetero) is 1. The van der Waals surface area contributed by atoms with Crippen LogP contribution in [0.15, 0.2) is 18.3 Å². The van der Waals surface area contributed by atoms with Gasteiger partial charge >= 0.3 is 6.09 Å². The summed E-state index contributed by atoms with van der Waals surface area (Å²) in [6.45, 7) is 5.42. The van der Waals surface area contributed by atoms with Crippen LogP contribution in [0.2, 0.25) is 0 Å². The van der Waals surface area contributed by atoms with E-state index >= 15 is 0 Å². The van der Waals surface area contributed by atoms with Crippen molar-refractivity contribution in [3.8, 4) is 5.88 Å². The second kappa shape index (κ2) is 7.03. The first-order chi connectivity index (χ1) is 9.73. The van der Waals surface area contributed by atoms with Crippen molar-refractivity contribution in [1.29, 1.82) is 0 Å². The van der Waals surface area contributed by atoms with E-state index in [0.29, 0.717) is 5.88 Å². The third-order valence-corrected chi connectivity index (χ3v) is 2.53. The molecule has 0 radical (unpaired) electrons. The molecule has 0 unspecified atom stereocenters. The number of nitrogens with one attached hydrogen (secondary N) is 1. The zero-order valence-electron chi connectivity index (χ0n) is 12.5. The molecule has 1 heterocycles. The maximum absolute atomic E-state index is 12.3. The minimum atomic E-state index is -1.28. The van der Waals surface area contributed by atoms with Crippen molar-refractivity contribution in [3.05, 3.63) is 23.9 Å². The molecule has 0 spiro atoms. The molecule has 0 saturated heterocycles. The van der Waals surface area contributed by atoms with E-state index in [9.17, 15) is 9.59 Å². The molecule has 7 heteroatoms. The molecule has 0 bridgehead atoms. The third-order valence-electron chi connectivity index (χ3n) is 2.53. The molecular formula is C14H20N2O5. The smallest absolute Gasteiger partial charge is 0.405 e. The Morgan fingerprint density at radius 3 is 2.48 bits per heavy atom. The summed E-state index contributed by atoms with van der Waals surface area (Å²) in [5.74, 6) is -0.0305. The highest BCUT2D eigenvalue weighted by molar-refractivity contribution is 6.01. The Bertz CT molecular complexity index is 493. The summed E-state index contributed by atoms with van der Waals surface area (Å²) in [6, 6.07) is 2.08. The molecule has 21 heavy (non-hydrogen) atoms. The van der Waals surface area contributed by atoms with Gasteiger partial charge in [-0.05, 0) is 26.8 Å². The van der Waals surface area contributed by atoms with Gasteiger partial charge in [0.15, 0.2) is 5.78 Å². The van der Waals surface area contributed by atoms with Crippen molar-refractivity contribution in [2.24, 2.45) is 0 Å². The lowest BCUT2D eigenvalue weighted by molar-refractivity contribution is -0.0113. The lowest BCUT2D eigenvalue weighted by atomic mass is 10.1. The topological polar surface area (TPSA) is 97.8 Å². The standard InChI is InChI=1S/C14H20N2O5/c1-14(2,3)21-8-10(16-13(18)19)12(17)9-5-6-11(20-4)15-7-9/h5-7,10,16H,8H2,1-4H3,(H,18,19)/t10-/m0/s1. The van der Waals surface area contributed by atoms with E-state index in [1.54, 1.807) is 0 Å². The van der Waals surface area contributed by atoms with Crippen LogP contribution in [0.3, 0.4) is 0 Å². The van der Waals surface area contributed by atoms with Crippen LogP contribution in [0.4, 0.5) is 4.79 Å². The van der Waals surface area contributed by atoms with Crippen LogP contribution in [0.25, 0.3) is 0 Å². The number of hydrogen-bond donors (Lipinski definition) is 2. The van der Waals surface area contributed by atoms with Crippen LogP contribution in [-0.4, -0.2) is 47.3 Å². The average Bonchev–Trinajstić information content (AvgIpc) is 2.41. The molecule has 0 fully saturated rings. The van der Waals surface area contributed by atoms with Crippen molar-refractivity contribution in [2.75, 3.05) is 13.7 Å². The van der Waals surface area contributed by atoms with Crippen LogP contribution in [0.1, 0.15) is 31.1 Å². The predicted octanol–water partition coefficient (Wildman–Crippen LogP) is 1.72. The molecule has 7 nitrogen and oxygen atoms in total. The zero-order valence-corrected chi connectivity index (χ0v) is 12.5. The molecule has 1 atom stereocenters. The quantitative estimate of drug-likeness (QED) is 0.776. The van der Waals surface area contributed by atoms with Gasteiger partial charge in [-0.2, -0.15) is 0 Å². The summed E-state index contributed by atoms with van der Waals surface area (Å²) in [7, 11) is 1.47. The summed E-state index contributed by atoms with van der Waals surface area (Å²) in [5.41, 5.74) is -0.191. The van der Waals surface area contributed by atoms with Gasteiger partial charge in [0.25, 0.3) is 0 Å². The number of aromatic nitrogens is 1. The summed E-state index contributed by atoms with van der Waals surface area (Å²) >= 11 is 0. The van der Waals surface area contributed by atoms with Crippen molar-refractivity contribution in [2.45, 2.75) is 32.4 Å². The highest BCUT2D eigenvalue weighted by Crippen LogP contribution is 2.12. The van der Waals surface area contributed by atoms with E-state index in [1.807, 2.05) is 20.8 Å². The number of hydrogen-bond acceptors (Lipinski definition) is 5. The second-order valence-electron chi connectivity index (χ2n) is 5.38. The van der Waals surface area contributed by atoms with E-state index in [0.717, 1.165) is 0 Å². The number of ketones is 1. The maximum atomic E-state index is 12.3. The number of carbonyl (C=O) groups excluding carboxylic acids is 1. The molecule has 0 aromatic carbocycles. The van der Waals surface area contributed by atoms with Crippen molar-refractivity contribution in [3.63, 3.8) is 0 Å². The van der Waals surface area contributed by atoms with Gasteiger partial charge in [-0.3, -0.25) is 4.79 Å². The van der Waals surface area contributed by atoms with E-state index in [-0.39, 0.29) is 12.2 Å². The van der Waals surface area contributed by atoms with Crippen LogP contribution >= 0.6 is 0 Å². The molecule has 1 aromatic heterocycles. The fraction of sp³-hybridized carbons (Fsp3) is 0.500. The lowest BCUT2D eigenvalue weighted by Gasteiger charge is -2.23. The number of pyridine rings is 1. The summed E-state index contributed by atoms with van der Waals surface area (Å²) in [4.78, 5) is 27.1. The first-order valence-corrected chi connectivity index (χ1v) is 6.40. The van der Waals surface area contributed by atoms with Gasteiger partial charge in [0, 0.05) is 17.8 Å². The Morgan fingerprint density at radius 2 is 2.05 bits per heavy atom. The molecule has 1 rings (SSSR count). The normalized spacial score (nSPS) is 12.6. The highest BCUT2D eigenvalue weighted by Gasteiger charge is 2.25. The number of rotatable bonds is 6. The Balaban J connectivity index is 2.84. The second-order valence-corrected chi connectivity index (χ2v) is 5.38. The minimum absolute atomic E-state index is 0.0549. The highest BCUT2D eigenvalue weighted by atomic mass is 16.5. The maximum Gasteiger partial charge on any atom is 0.405 e. The van der Waals surface area contributed by atoms with Gasteiger partial charge < -0.3 is 19.9 Å². The zero-order chi connectivity index (χ0) is 16.0. The third kappa shape index (κ3) is 5.78. The fourth-order valence-electron chi connectivity index (χ4n) is 1.51. The largest absolute Gasteiger partial charge is 0.481 e. The van der Waals surface area contributed by atoms with E-state index < -0.39 is 23.5 Å². The minimum Gasteiger partial charge on any atom is -0.481 e. The average molecular weight is 296 g/mol.